The second kappa shape index (κ2) is 9.64. The summed E-state index contributed by atoms with van der Waals surface area (Å²) in [4.78, 5) is 9.82. The molecule has 0 aliphatic rings. The van der Waals surface area contributed by atoms with E-state index in [0.717, 1.165) is 0 Å². The maximum Gasteiger partial charge on any atom is 0.302 e. The van der Waals surface area contributed by atoms with Gasteiger partial charge in [-0.05, 0) is 6.92 Å². The van der Waals surface area contributed by atoms with E-state index in [-0.39, 0.29) is 5.97 Å². The average Bonchev–Trinajstić information content (AvgIpc) is 1.72. The summed E-state index contributed by atoms with van der Waals surface area (Å²) in [5.41, 5.74) is 0. The van der Waals surface area contributed by atoms with Gasteiger partial charge in [0, 0.05) is 6.92 Å². The normalized spacial score (nSPS) is 6.50. The van der Waals surface area contributed by atoms with E-state index in [1.807, 2.05) is 0 Å². The molecule has 0 aromatic heterocycles. The molecule has 0 unspecified atom stereocenters. The van der Waals surface area contributed by atoms with E-state index >= 15 is 0 Å². The molecule has 0 aliphatic heterocycles. The predicted octanol–water partition coefficient (Wildman–Crippen LogP) is 1.16. The minimum Gasteiger partial charge on any atom is -0.466 e. The topological polar surface area (TPSA) is 26.3 Å². The van der Waals surface area contributed by atoms with Crippen LogP contribution < -0.4 is 0 Å². The molecule has 0 amide bonds. The highest BCUT2D eigenvalue weighted by Gasteiger charge is 1.81. The molecule has 0 saturated heterocycles. The lowest BCUT2D eigenvalue weighted by Crippen LogP contribution is -1.95. The van der Waals surface area contributed by atoms with Crippen molar-refractivity contribution in [1.29, 1.82) is 0 Å². The summed E-state index contributed by atoms with van der Waals surface area (Å²) in [7, 11) is 0.500. The molecule has 0 heterocycles. The quantitative estimate of drug-likeness (QED) is 0.488. The van der Waals surface area contributed by atoms with Crippen LogP contribution in [0.4, 0.5) is 4.39 Å². The predicted molar refractivity (Wildman–Crippen MR) is 29.3 cm³/mol. The second-order valence-electron chi connectivity index (χ2n) is 0.925. The Morgan fingerprint density at radius 3 is 2.00 bits per heavy atom. The number of carbonyl (C=O) groups is 1. The van der Waals surface area contributed by atoms with Gasteiger partial charge in [-0.2, -0.15) is 0 Å². The highest BCUT2D eigenvalue weighted by Crippen LogP contribution is 1.69. The summed E-state index contributed by atoms with van der Waals surface area (Å²) in [6.07, 6.45) is 0. The highest BCUT2D eigenvalue weighted by molar-refractivity contribution is 5.65. The fraction of sp³-hybridized carbons (Fsp3) is 0.800. The second-order valence-corrected chi connectivity index (χ2v) is 0.925. The number of alkyl halides is 1. The minimum absolute atomic E-state index is 0.211. The van der Waals surface area contributed by atoms with E-state index in [1.165, 1.54) is 6.92 Å². The lowest BCUT2D eigenvalue weighted by atomic mass is 10.8. The third kappa shape index (κ3) is 18.2. The van der Waals surface area contributed by atoms with Crippen molar-refractivity contribution >= 4 is 5.97 Å². The van der Waals surface area contributed by atoms with Crippen LogP contribution in [0.5, 0.6) is 0 Å². The van der Waals surface area contributed by atoms with Crippen molar-refractivity contribution in [3.05, 3.63) is 0 Å². The van der Waals surface area contributed by atoms with Crippen LogP contribution in [0, 0.1) is 0 Å². The largest absolute Gasteiger partial charge is 0.466 e. The van der Waals surface area contributed by atoms with Gasteiger partial charge in [-0.3, -0.25) is 9.18 Å². The minimum atomic E-state index is -0.211. The SMILES string of the molecule is CCOC(C)=O.CF. The molecule has 0 aromatic carbocycles. The lowest BCUT2D eigenvalue weighted by molar-refractivity contribution is -0.140. The maximum absolute atomic E-state index is 9.82. The van der Waals surface area contributed by atoms with E-state index in [2.05, 4.69) is 4.74 Å². The third-order valence-electron chi connectivity index (χ3n) is 0.348. The summed E-state index contributed by atoms with van der Waals surface area (Å²) < 4.78 is 13.9. The lowest BCUT2D eigenvalue weighted by Gasteiger charge is -1.89. The molecule has 0 rings (SSSR count). The molecule has 0 saturated carbocycles. The number of halogens is 1. The van der Waals surface area contributed by atoms with Gasteiger partial charge in [-0.25, -0.2) is 0 Å². The molecular weight excluding hydrogens is 111 g/mol. The van der Waals surface area contributed by atoms with Crippen LogP contribution >= 0.6 is 0 Å². The van der Waals surface area contributed by atoms with Gasteiger partial charge in [0.1, 0.15) is 0 Å². The summed E-state index contributed by atoms with van der Waals surface area (Å²) in [5, 5.41) is 0. The third-order valence-corrected chi connectivity index (χ3v) is 0.348. The molecule has 0 aromatic rings. The molecular formula is C5H11FO2. The van der Waals surface area contributed by atoms with Crippen molar-refractivity contribution in [2.45, 2.75) is 13.8 Å². The fourth-order valence-corrected chi connectivity index (χ4v) is 0.203. The summed E-state index contributed by atoms with van der Waals surface area (Å²) in [6.45, 7) is 3.65. The van der Waals surface area contributed by atoms with Gasteiger partial charge in [0.15, 0.2) is 0 Å². The van der Waals surface area contributed by atoms with Gasteiger partial charge in [0.2, 0.25) is 0 Å². The summed E-state index contributed by atoms with van der Waals surface area (Å²) >= 11 is 0. The number of rotatable bonds is 1. The molecule has 0 N–H and O–H groups in total. The van der Waals surface area contributed by atoms with Crippen molar-refractivity contribution in [3.63, 3.8) is 0 Å². The number of ether oxygens (including phenoxy) is 1. The highest BCUT2D eigenvalue weighted by atomic mass is 19.1. The maximum atomic E-state index is 9.82. The van der Waals surface area contributed by atoms with Crippen molar-refractivity contribution in [2.24, 2.45) is 0 Å². The van der Waals surface area contributed by atoms with Crippen LogP contribution in [0.3, 0.4) is 0 Å². The van der Waals surface area contributed by atoms with Crippen LogP contribution in [0.1, 0.15) is 13.8 Å². The van der Waals surface area contributed by atoms with Crippen molar-refractivity contribution in [2.75, 3.05) is 13.8 Å². The Balaban J connectivity index is 0. The Kier molecular flexibility index (Phi) is 12.5. The zero-order valence-electron chi connectivity index (χ0n) is 5.40. The van der Waals surface area contributed by atoms with Gasteiger partial charge in [-0.15, -0.1) is 0 Å². The van der Waals surface area contributed by atoms with E-state index in [0.29, 0.717) is 13.8 Å². The Morgan fingerprint density at radius 2 is 2.00 bits per heavy atom. The smallest absolute Gasteiger partial charge is 0.302 e. The van der Waals surface area contributed by atoms with Gasteiger partial charge in [0.25, 0.3) is 0 Å². The summed E-state index contributed by atoms with van der Waals surface area (Å²) in [6, 6.07) is 0. The Morgan fingerprint density at radius 1 is 1.62 bits per heavy atom. The van der Waals surface area contributed by atoms with Crippen LogP contribution in [-0.4, -0.2) is 19.8 Å². The van der Waals surface area contributed by atoms with E-state index in [4.69, 9.17) is 0 Å². The fourth-order valence-electron chi connectivity index (χ4n) is 0.203. The average molecular weight is 122 g/mol. The molecule has 3 heteroatoms. The monoisotopic (exact) mass is 122 g/mol. The molecule has 0 radical (unpaired) electrons. The number of esters is 1. The Hall–Kier alpha value is -0.600. The first kappa shape index (κ1) is 10.4. The molecule has 0 atom stereocenters. The number of hydrogen-bond acceptors (Lipinski definition) is 2. The Bertz CT molecular complexity index is 54.4. The van der Waals surface area contributed by atoms with Crippen LogP contribution in [0.15, 0.2) is 0 Å². The summed E-state index contributed by atoms with van der Waals surface area (Å²) in [5.74, 6) is -0.211. The van der Waals surface area contributed by atoms with Crippen molar-refractivity contribution in [1.82, 2.24) is 0 Å². The van der Waals surface area contributed by atoms with E-state index < -0.39 is 0 Å². The zero-order chi connectivity index (χ0) is 6.99. The van der Waals surface area contributed by atoms with Crippen LogP contribution in [-0.2, 0) is 9.53 Å². The Labute approximate surface area is 48.6 Å². The van der Waals surface area contributed by atoms with Gasteiger partial charge in [-0.1, -0.05) is 0 Å². The van der Waals surface area contributed by atoms with Crippen molar-refractivity contribution in [3.8, 4) is 0 Å². The molecule has 0 bridgehead atoms. The molecule has 0 aliphatic carbocycles. The molecule has 2 nitrogen and oxygen atoms in total. The molecule has 8 heavy (non-hydrogen) atoms. The van der Waals surface area contributed by atoms with E-state index in [9.17, 15) is 9.18 Å². The van der Waals surface area contributed by atoms with E-state index in [1.54, 1.807) is 6.92 Å². The van der Waals surface area contributed by atoms with Crippen molar-refractivity contribution < 1.29 is 13.9 Å². The molecule has 0 fully saturated rings. The number of carbonyl (C=O) groups excluding carboxylic acids is 1. The van der Waals surface area contributed by atoms with Gasteiger partial charge < -0.3 is 4.74 Å². The first-order valence-corrected chi connectivity index (χ1v) is 2.28. The first-order valence-electron chi connectivity index (χ1n) is 2.28. The molecule has 50 valence electrons. The zero-order valence-corrected chi connectivity index (χ0v) is 5.40. The van der Waals surface area contributed by atoms with Gasteiger partial charge in [0.05, 0.1) is 13.8 Å². The van der Waals surface area contributed by atoms with Crippen LogP contribution in [0.2, 0.25) is 0 Å². The van der Waals surface area contributed by atoms with Gasteiger partial charge >= 0.3 is 5.97 Å². The van der Waals surface area contributed by atoms with Crippen LogP contribution in [0.25, 0.3) is 0 Å². The number of hydrogen-bond donors (Lipinski definition) is 0. The first-order chi connectivity index (χ1) is 3.77. The standard InChI is InChI=1S/C4H8O2.CH3F/c1-3-6-4(2)5;1-2/h3H2,1-2H3;1H3. The molecule has 0 spiro atoms.